The Balaban J connectivity index is 0.00000139. The normalized spacial score (nSPS) is 13.8. The Hall–Kier alpha value is -10.1. The van der Waals surface area contributed by atoms with Crippen LogP contribution >= 0.6 is 0 Å². The van der Waals surface area contributed by atoms with Crippen molar-refractivity contribution in [1.29, 1.82) is 0 Å². The summed E-state index contributed by atoms with van der Waals surface area (Å²) < 4.78 is 62.8. The monoisotopic (exact) mass is 1740 g/mol. The molecule has 0 aliphatic carbocycles. The second-order valence-electron chi connectivity index (χ2n) is 28.3. The van der Waals surface area contributed by atoms with Crippen molar-refractivity contribution >= 4 is 0 Å². The van der Waals surface area contributed by atoms with Crippen molar-refractivity contribution in [3.8, 4) is 56.8 Å². The number of benzene rings is 10. The molecule has 0 saturated carbocycles. The number of hydrogen-bond acceptors (Lipinski definition) is 14. The third-order valence-electron chi connectivity index (χ3n) is 16.5. The van der Waals surface area contributed by atoms with E-state index in [0.29, 0.717) is 64.1 Å². The average molecular weight is 1740 g/mol. The summed E-state index contributed by atoms with van der Waals surface area (Å²) in [5.74, 6) is 5.21. The molecule has 4 aliphatic heterocycles. The van der Waals surface area contributed by atoms with E-state index >= 15 is 0 Å². The summed E-state index contributed by atoms with van der Waals surface area (Å²) in [5, 5.41) is 18.9. The molecule has 4 aliphatic rings. The van der Waals surface area contributed by atoms with E-state index in [1.54, 1.807) is 12.2 Å². The van der Waals surface area contributed by atoms with Crippen LogP contribution in [-0.4, -0.2) is 139 Å². The summed E-state index contributed by atoms with van der Waals surface area (Å²) in [6.07, 6.45) is 15.6. The highest BCUT2D eigenvalue weighted by Gasteiger charge is 2.25. The first-order valence-electron chi connectivity index (χ1n) is 46.5. The highest BCUT2D eigenvalue weighted by atomic mass is 16.6. The van der Waals surface area contributed by atoms with E-state index in [-0.39, 0.29) is 26.4 Å². The van der Waals surface area contributed by atoms with Crippen LogP contribution in [-0.2, 0) is 60.5 Å². The zero-order valence-electron chi connectivity index (χ0n) is 80.9. The molecule has 6 atom stereocenters. The fourth-order valence-electron chi connectivity index (χ4n) is 9.75. The van der Waals surface area contributed by atoms with Crippen molar-refractivity contribution in [1.82, 2.24) is 0 Å². The first kappa shape index (κ1) is 117. The number of aliphatic hydroxyl groups excluding tert-OH is 2. The molecule has 4 heterocycles. The third-order valence-corrected chi connectivity index (χ3v) is 16.5. The van der Waals surface area contributed by atoms with Crippen molar-refractivity contribution in [2.24, 2.45) is 0 Å². The van der Waals surface area contributed by atoms with E-state index in [2.05, 4.69) is 206 Å². The van der Waals surface area contributed by atoms with Gasteiger partial charge in [0.15, 0.2) is 0 Å². The van der Waals surface area contributed by atoms with Crippen LogP contribution in [0.4, 0.5) is 0 Å². The minimum absolute atomic E-state index is 0.237. The van der Waals surface area contributed by atoms with E-state index in [9.17, 15) is 10.2 Å². The number of ether oxygens (including phenoxy) is 12. The second-order valence-corrected chi connectivity index (χ2v) is 28.3. The first-order valence-corrected chi connectivity index (χ1v) is 46.5. The molecule has 14 heteroatoms. The summed E-state index contributed by atoms with van der Waals surface area (Å²) in [6.45, 7) is 56.5. The molecule has 10 aromatic rings. The molecule has 127 heavy (non-hydrogen) atoms. The lowest BCUT2D eigenvalue weighted by Gasteiger charge is -2.11. The molecule has 0 amide bonds. The zero-order chi connectivity index (χ0) is 93.8. The minimum Gasteiger partial charge on any atom is -0.491 e. The smallest absolute Gasteiger partial charge is 0.122 e. The van der Waals surface area contributed by atoms with Gasteiger partial charge in [0.05, 0.1) is 52.9 Å². The molecule has 2 N–H and O–H groups in total. The third kappa shape index (κ3) is 65.2. The molecule has 4 saturated heterocycles. The Bertz CT molecular complexity index is 3630. The van der Waals surface area contributed by atoms with Gasteiger partial charge in [-0.05, 0) is 149 Å². The first-order chi connectivity index (χ1) is 62.2. The number of para-hydroxylation sites is 6. The predicted molar refractivity (Wildman–Crippen MR) is 538 cm³/mol. The van der Waals surface area contributed by atoms with Crippen LogP contribution < -0.4 is 28.4 Å². The summed E-state index contributed by atoms with van der Waals surface area (Å²) in [7, 11) is 0. The van der Waals surface area contributed by atoms with Gasteiger partial charge in [-0.2, -0.15) is 0 Å². The molecule has 698 valence electrons. The van der Waals surface area contributed by atoms with Gasteiger partial charge in [0.2, 0.25) is 0 Å². The largest absolute Gasteiger partial charge is 0.491 e. The lowest BCUT2D eigenvalue weighted by Crippen LogP contribution is -2.23. The van der Waals surface area contributed by atoms with Crippen LogP contribution in [0.3, 0.4) is 0 Å². The van der Waals surface area contributed by atoms with Crippen LogP contribution in [0.15, 0.2) is 311 Å². The van der Waals surface area contributed by atoms with Crippen molar-refractivity contribution in [2.45, 2.75) is 219 Å². The van der Waals surface area contributed by atoms with Gasteiger partial charge >= 0.3 is 0 Å². The van der Waals surface area contributed by atoms with Crippen LogP contribution in [0.25, 0.3) is 22.3 Å². The number of allylic oxidation sites excluding steroid dienone is 1. The van der Waals surface area contributed by atoms with E-state index in [1.165, 1.54) is 75.8 Å². The average Bonchev–Trinajstić information content (AvgIpc) is 1.32. The van der Waals surface area contributed by atoms with E-state index in [1.807, 2.05) is 217 Å². The highest BCUT2D eigenvalue weighted by molar-refractivity contribution is 5.65. The zero-order valence-corrected chi connectivity index (χ0v) is 80.9. The Labute approximate surface area is 769 Å². The van der Waals surface area contributed by atoms with Gasteiger partial charge in [-0.25, -0.2) is 0 Å². The number of aliphatic hydroxyl groups is 2. The molecule has 4 fully saturated rings. The lowest BCUT2D eigenvalue weighted by atomic mass is 10.0. The van der Waals surface area contributed by atoms with Crippen molar-refractivity contribution < 1.29 is 67.1 Å². The maximum absolute atomic E-state index is 9.45. The van der Waals surface area contributed by atoms with Gasteiger partial charge in [-0.3, -0.25) is 0 Å². The molecule has 14 nitrogen and oxygen atoms in total. The molecule has 0 aromatic heterocycles. The second kappa shape index (κ2) is 82.8. The minimum atomic E-state index is -0.606. The number of hydrogen-bond donors (Lipinski definition) is 2. The predicted octanol–water partition coefficient (Wildman–Crippen LogP) is 27.5. The van der Waals surface area contributed by atoms with Gasteiger partial charge in [-0.1, -0.05) is 375 Å². The van der Waals surface area contributed by atoms with Crippen LogP contribution in [0.2, 0.25) is 0 Å². The van der Waals surface area contributed by atoms with Crippen LogP contribution in [0.1, 0.15) is 178 Å². The van der Waals surface area contributed by atoms with Gasteiger partial charge < -0.3 is 67.1 Å². The molecular formula is C113H162O14. The standard InChI is InChI=1S/2C16H18.2C12H16O3.C12H14O2.3C9H10O2.4C3H8.3C2H6/c2*1-3-13-5-9-15(10-6-13)16-11-7-14(4-2)8-12-16;2*1-2-8-14-9-11(13)10-15-12-6-4-3-5-7-12;1-2-5-10-6-3-4-7-12(10)14-9-11-8-13-11;3*1-2-4-8(5-3-1)10-6-9-7-11-9;4*1-3-2;3*1-2/h2*5-12H,3-4H2,1-2H3;2*2-7,11,13H,1,8-10H2;2-4,6-7,11H,1,5,8-9H2;3*1-5,9H,6-7H2;4*3H2,1-2H3;3*1-2H3. The fraction of sp³-hybridized carbons (Fsp3) is 0.416. The summed E-state index contributed by atoms with van der Waals surface area (Å²) >= 11 is 0. The summed E-state index contributed by atoms with van der Waals surface area (Å²) in [6, 6.07) is 91.5. The highest BCUT2D eigenvalue weighted by Crippen LogP contribution is 2.25. The summed E-state index contributed by atoms with van der Waals surface area (Å²) in [4.78, 5) is 0. The molecule has 0 bridgehead atoms. The van der Waals surface area contributed by atoms with Crippen molar-refractivity contribution in [3.05, 3.63) is 339 Å². The van der Waals surface area contributed by atoms with Gasteiger partial charge in [0.1, 0.15) is 111 Å². The van der Waals surface area contributed by atoms with Gasteiger partial charge in [-0.15, -0.1) is 19.7 Å². The quantitative estimate of drug-likeness (QED) is 0.0222. The maximum Gasteiger partial charge on any atom is 0.122 e. The number of rotatable bonds is 34. The number of epoxide rings is 4. The Morgan fingerprint density at radius 3 is 0.709 bits per heavy atom. The fourth-order valence-corrected chi connectivity index (χ4v) is 9.75. The molecule has 0 radical (unpaired) electrons. The topological polar surface area (TPSA) is 164 Å². The maximum atomic E-state index is 9.45. The van der Waals surface area contributed by atoms with Gasteiger partial charge in [0.25, 0.3) is 0 Å². The van der Waals surface area contributed by atoms with Crippen LogP contribution in [0, 0.1) is 0 Å². The van der Waals surface area contributed by atoms with E-state index in [4.69, 9.17) is 56.8 Å². The lowest BCUT2D eigenvalue weighted by molar-refractivity contribution is 0.0214. The molecule has 14 rings (SSSR count). The molecular weight excluding hydrogens is 1580 g/mol. The number of aryl methyl sites for hydroxylation is 4. The van der Waals surface area contributed by atoms with Crippen molar-refractivity contribution in [2.75, 3.05) is 92.5 Å². The molecule has 10 aromatic carbocycles. The van der Waals surface area contributed by atoms with Crippen LogP contribution in [0.5, 0.6) is 34.5 Å². The molecule has 6 unspecified atom stereocenters. The summed E-state index contributed by atoms with van der Waals surface area (Å²) in [5.41, 5.74) is 12.0. The Kier molecular flexibility index (Phi) is 76.3. The van der Waals surface area contributed by atoms with Crippen molar-refractivity contribution in [3.63, 3.8) is 0 Å². The SMILES string of the molecule is C=CCOCC(O)COc1ccccc1.C=CCOCC(O)COc1ccccc1.C=CCc1ccccc1OCC1CO1.CC.CC.CC.CCC.CCC.CCC.CCC.CCc1ccc(-c2ccc(CC)cc2)cc1.CCc1ccc(-c2ccc(CC)cc2)cc1.c1ccc(OCC2CO2)cc1.c1ccc(OCC2CO2)cc1.c1ccc(OCC2CO2)cc1. The van der Waals surface area contributed by atoms with Gasteiger partial charge in [0, 0.05) is 0 Å². The van der Waals surface area contributed by atoms with E-state index < -0.39 is 12.2 Å². The Morgan fingerprint density at radius 1 is 0.283 bits per heavy atom. The molecule has 0 spiro atoms. The van der Waals surface area contributed by atoms with E-state index in [0.717, 1.165) is 93.0 Å². The Morgan fingerprint density at radius 2 is 0.496 bits per heavy atom.